The van der Waals surface area contributed by atoms with Gasteiger partial charge >= 0.3 is 0 Å². The topological polar surface area (TPSA) is 49.3 Å². The number of rotatable bonds is 6. The number of thiazole rings is 1. The molecule has 0 unspecified atom stereocenters. The molecule has 0 amide bonds. The highest BCUT2D eigenvalue weighted by molar-refractivity contribution is 14.0. The molecule has 2 rings (SSSR count). The van der Waals surface area contributed by atoms with Crippen molar-refractivity contribution in [2.24, 2.45) is 4.99 Å². The second-order valence-electron chi connectivity index (χ2n) is 4.75. The summed E-state index contributed by atoms with van der Waals surface area (Å²) in [5.74, 6) is 0.866. The van der Waals surface area contributed by atoms with E-state index < -0.39 is 0 Å². The molecule has 0 fully saturated rings. The van der Waals surface area contributed by atoms with E-state index in [0.717, 1.165) is 42.6 Å². The highest BCUT2D eigenvalue weighted by atomic mass is 127. The lowest BCUT2D eigenvalue weighted by atomic mass is 10.3. The molecule has 0 bridgehead atoms. The molecule has 0 aliphatic carbocycles. The number of hydrogen-bond acceptors (Lipinski definition) is 4. The molecule has 2 N–H and O–H groups in total. The van der Waals surface area contributed by atoms with E-state index in [9.17, 15) is 0 Å². The maximum atomic E-state index is 4.45. The summed E-state index contributed by atoms with van der Waals surface area (Å²) in [6.45, 7) is 5.91. The Balaban J connectivity index is 0.00000242. The van der Waals surface area contributed by atoms with Crippen LogP contribution in [0.5, 0.6) is 0 Å². The first-order valence-corrected chi connectivity index (χ1v) is 8.78. The fraction of sp³-hybridized carbons (Fsp3) is 0.467. The summed E-state index contributed by atoms with van der Waals surface area (Å²) in [5.41, 5.74) is 1.15. The van der Waals surface area contributed by atoms with Crippen LogP contribution in [0.4, 0.5) is 0 Å². The normalized spacial score (nSPS) is 11.1. The Morgan fingerprint density at radius 2 is 1.95 bits per heavy atom. The highest BCUT2D eigenvalue weighted by Crippen LogP contribution is 2.16. The average molecular weight is 450 g/mol. The molecule has 0 saturated heterocycles. The molecular weight excluding hydrogens is 427 g/mol. The smallest absolute Gasteiger partial charge is 0.190 e. The van der Waals surface area contributed by atoms with E-state index in [-0.39, 0.29) is 24.0 Å². The Morgan fingerprint density at radius 3 is 2.50 bits per heavy atom. The van der Waals surface area contributed by atoms with Crippen molar-refractivity contribution in [2.75, 3.05) is 20.1 Å². The molecule has 0 aliphatic heterocycles. The Hall–Kier alpha value is -0.670. The fourth-order valence-corrected chi connectivity index (χ4v) is 3.73. The molecule has 4 nitrogen and oxygen atoms in total. The predicted molar refractivity (Wildman–Crippen MR) is 108 cm³/mol. The highest BCUT2D eigenvalue weighted by Gasteiger charge is 2.05. The van der Waals surface area contributed by atoms with Crippen LogP contribution >= 0.6 is 46.7 Å². The van der Waals surface area contributed by atoms with Crippen LogP contribution in [0.1, 0.15) is 20.5 Å². The molecule has 2 aromatic rings. The van der Waals surface area contributed by atoms with Gasteiger partial charge in [-0.2, -0.15) is 0 Å². The van der Waals surface area contributed by atoms with Gasteiger partial charge in [-0.15, -0.1) is 46.7 Å². The van der Waals surface area contributed by atoms with Gasteiger partial charge in [0.25, 0.3) is 0 Å². The van der Waals surface area contributed by atoms with Crippen LogP contribution in [-0.2, 0) is 12.8 Å². The molecule has 0 radical (unpaired) electrons. The van der Waals surface area contributed by atoms with Gasteiger partial charge < -0.3 is 10.6 Å². The van der Waals surface area contributed by atoms with E-state index in [1.807, 2.05) is 7.05 Å². The summed E-state index contributed by atoms with van der Waals surface area (Å²) < 4.78 is 0. The van der Waals surface area contributed by atoms with Crippen LogP contribution in [-0.4, -0.2) is 31.1 Å². The third-order valence-electron chi connectivity index (χ3n) is 3.11. The van der Waals surface area contributed by atoms with Gasteiger partial charge in [0, 0.05) is 36.3 Å². The van der Waals surface area contributed by atoms with Gasteiger partial charge in [-0.25, -0.2) is 4.98 Å². The van der Waals surface area contributed by atoms with Gasteiger partial charge in [-0.1, -0.05) is 6.07 Å². The number of guanidine groups is 1. The average Bonchev–Trinajstić information content (AvgIpc) is 3.07. The minimum absolute atomic E-state index is 0. The van der Waals surface area contributed by atoms with Crippen molar-refractivity contribution in [3.63, 3.8) is 0 Å². The summed E-state index contributed by atoms with van der Waals surface area (Å²) in [7, 11) is 1.81. The molecule has 7 heteroatoms. The van der Waals surface area contributed by atoms with Crippen LogP contribution in [0.3, 0.4) is 0 Å². The van der Waals surface area contributed by atoms with Gasteiger partial charge in [-0.05, 0) is 31.7 Å². The quantitative estimate of drug-likeness (QED) is 0.403. The molecule has 0 spiro atoms. The number of hydrogen-bond donors (Lipinski definition) is 2. The van der Waals surface area contributed by atoms with Crippen molar-refractivity contribution in [2.45, 2.75) is 26.7 Å². The minimum atomic E-state index is 0. The van der Waals surface area contributed by atoms with Gasteiger partial charge in [0.15, 0.2) is 5.96 Å². The zero-order valence-electron chi connectivity index (χ0n) is 13.2. The lowest BCUT2D eigenvalue weighted by Crippen LogP contribution is -2.39. The Morgan fingerprint density at radius 1 is 1.23 bits per heavy atom. The standard InChI is InChI=1S/C15H22N4S2.HI/c1-11-14(21-12(2)19-11)7-9-18-15(16-3)17-8-6-13-5-4-10-20-13;/h4-5,10H,6-9H2,1-3H3,(H2,16,17,18);1H. The van der Waals surface area contributed by atoms with E-state index in [1.165, 1.54) is 9.75 Å². The van der Waals surface area contributed by atoms with Crippen LogP contribution in [0, 0.1) is 13.8 Å². The molecular formula is C15H23IN4S2. The summed E-state index contributed by atoms with van der Waals surface area (Å²) in [5, 5.41) is 9.96. The zero-order chi connectivity index (χ0) is 15.1. The molecule has 0 saturated carbocycles. The third kappa shape index (κ3) is 6.21. The number of aliphatic imine (C=N–C) groups is 1. The van der Waals surface area contributed by atoms with Crippen molar-refractivity contribution >= 4 is 52.6 Å². The molecule has 22 heavy (non-hydrogen) atoms. The first-order chi connectivity index (χ1) is 10.2. The van der Waals surface area contributed by atoms with Crippen molar-refractivity contribution in [1.29, 1.82) is 0 Å². The van der Waals surface area contributed by atoms with Gasteiger partial charge in [0.2, 0.25) is 0 Å². The first kappa shape index (κ1) is 19.4. The SMILES string of the molecule is CN=C(NCCc1cccs1)NCCc1sc(C)nc1C.I. The lowest BCUT2D eigenvalue weighted by Gasteiger charge is -2.11. The third-order valence-corrected chi connectivity index (χ3v) is 5.18. The van der Waals surface area contributed by atoms with Crippen molar-refractivity contribution < 1.29 is 0 Å². The number of nitrogens with zero attached hydrogens (tertiary/aromatic N) is 2. The summed E-state index contributed by atoms with van der Waals surface area (Å²) >= 11 is 3.58. The minimum Gasteiger partial charge on any atom is -0.356 e. The first-order valence-electron chi connectivity index (χ1n) is 7.09. The number of thiophene rings is 1. The van der Waals surface area contributed by atoms with Crippen LogP contribution in [0.2, 0.25) is 0 Å². The lowest BCUT2D eigenvalue weighted by molar-refractivity contribution is 0.789. The van der Waals surface area contributed by atoms with E-state index in [4.69, 9.17) is 0 Å². The monoisotopic (exact) mass is 450 g/mol. The van der Waals surface area contributed by atoms with E-state index in [2.05, 4.69) is 52.0 Å². The fourth-order valence-electron chi connectivity index (χ4n) is 2.08. The van der Waals surface area contributed by atoms with Gasteiger partial charge in [0.1, 0.15) is 0 Å². The Kier molecular flexibility index (Phi) is 8.96. The van der Waals surface area contributed by atoms with Crippen LogP contribution < -0.4 is 10.6 Å². The molecule has 0 aliphatic rings. The second kappa shape index (κ2) is 10.2. The van der Waals surface area contributed by atoms with E-state index in [0.29, 0.717) is 0 Å². The molecule has 0 aromatic carbocycles. The molecule has 122 valence electrons. The number of aromatic nitrogens is 1. The van der Waals surface area contributed by atoms with Crippen molar-refractivity contribution in [3.8, 4) is 0 Å². The number of halogens is 1. The maximum absolute atomic E-state index is 4.45. The van der Waals surface area contributed by atoms with E-state index in [1.54, 1.807) is 22.7 Å². The van der Waals surface area contributed by atoms with E-state index >= 15 is 0 Å². The van der Waals surface area contributed by atoms with Crippen molar-refractivity contribution in [1.82, 2.24) is 15.6 Å². The van der Waals surface area contributed by atoms with Gasteiger partial charge in [0.05, 0.1) is 10.7 Å². The molecule has 2 aromatic heterocycles. The number of aryl methyl sites for hydroxylation is 2. The Labute approximate surface area is 157 Å². The molecule has 0 atom stereocenters. The largest absolute Gasteiger partial charge is 0.356 e. The maximum Gasteiger partial charge on any atom is 0.190 e. The van der Waals surface area contributed by atoms with Crippen LogP contribution in [0.25, 0.3) is 0 Å². The Bertz CT molecular complexity index is 578. The van der Waals surface area contributed by atoms with Crippen molar-refractivity contribution in [3.05, 3.63) is 38.0 Å². The summed E-state index contributed by atoms with van der Waals surface area (Å²) in [6, 6.07) is 4.25. The number of nitrogens with one attached hydrogen (secondary N) is 2. The molecule has 2 heterocycles. The van der Waals surface area contributed by atoms with Crippen LogP contribution in [0.15, 0.2) is 22.5 Å². The second-order valence-corrected chi connectivity index (χ2v) is 7.07. The predicted octanol–water partition coefficient (Wildman–Crippen LogP) is 3.39. The zero-order valence-corrected chi connectivity index (χ0v) is 17.1. The van der Waals surface area contributed by atoms with Gasteiger partial charge in [-0.3, -0.25) is 4.99 Å². The summed E-state index contributed by atoms with van der Waals surface area (Å²) in [6.07, 6.45) is 2.02. The summed E-state index contributed by atoms with van der Waals surface area (Å²) in [4.78, 5) is 11.5.